The number of hydrogen-bond acceptors (Lipinski definition) is 4. The lowest BCUT2D eigenvalue weighted by atomic mass is 9.97. The van der Waals surface area contributed by atoms with Crippen LogP contribution in [0, 0.1) is 5.41 Å². The number of rotatable bonds is 5. The summed E-state index contributed by atoms with van der Waals surface area (Å²) < 4.78 is 5.73. The number of nitrogens with one attached hydrogen (secondary N) is 1. The van der Waals surface area contributed by atoms with E-state index in [0.717, 1.165) is 27.7 Å². The van der Waals surface area contributed by atoms with Gasteiger partial charge in [-0.05, 0) is 23.8 Å². The summed E-state index contributed by atoms with van der Waals surface area (Å²) in [7, 11) is 0. The van der Waals surface area contributed by atoms with Gasteiger partial charge in [0, 0.05) is 47.1 Å². The summed E-state index contributed by atoms with van der Waals surface area (Å²) >= 11 is 0. The van der Waals surface area contributed by atoms with Crippen LogP contribution in [0.15, 0.2) is 88.5 Å². The average Bonchev–Trinajstić information content (AvgIpc) is 3.11. The maximum absolute atomic E-state index is 8.51. The molecule has 0 spiro atoms. The Bertz CT molecular complexity index is 1100. The lowest BCUT2D eigenvalue weighted by Gasteiger charge is -2.10. The Hall–Kier alpha value is -3.73. The van der Waals surface area contributed by atoms with Gasteiger partial charge in [0.2, 0.25) is 5.88 Å². The van der Waals surface area contributed by atoms with Crippen LogP contribution in [0.5, 0.6) is 0 Å². The van der Waals surface area contributed by atoms with Crippen molar-refractivity contribution in [2.75, 3.05) is 0 Å². The maximum atomic E-state index is 8.51. The van der Waals surface area contributed by atoms with E-state index in [9.17, 15) is 0 Å². The zero-order valence-electron chi connectivity index (χ0n) is 14.6. The number of hydrogen-bond donors (Lipinski definition) is 2. The molecule has 0 saturated carbocycles. The summed E-state index contributed by atoms with van der Waals surface area (Å²) in [5, 5.41) is 9.49. The molecule has 0 radical (unpaired) electrons. The van der Waals surface area contributed by atoms with Gasteiger partial charge in [0.05, 0.1) is 0 Å². The van der Waals surface area contributed by atoms with Gasteiger partial charge >= 0.3 is 0 Å². The van der Waals surface area contributed by atoms with E-state index in [0.29, 0.717) is 23.9 Å². The molecule has 0 saturated heterocycles. The number of amidine groups is 1. The second-order valence-corrected chi connectivity index (χ2v) is 6.18. The first-order valence-electron chi connectivity index (χ1n) is 8.59. The Labute approximate surface area is 156 Å². The Morgan fingerprint density at radius 3 is 2.44 bits per heavy atom. The SMILES string of the molecule is N=C(Cc1ccncc1)c1ccccc1/C(N)=N/c1cc2ccccc2o1. The quantitative estimate of drug-likeness (QED) is 0.409. The number of pyridine rings is 1. The molecule has 4 rings (SSSR count). The van der Waals surface area contributed by atoms with E-state index in [1.54, 1.807) is 12.4 Å². The van der Waals surface area contributed by atoms with Crippen molar-refractivity contribution in [2.45, 2.75) is 6.42 Å². The van der Waals surface area contributed by atoms with Crippen LogP contribution in [0.2, 0.25) is 0 Å². The van der Waals surface area contributed by atoms with Crippen molar-refractivity contribution in [1.82, 2.24) is 4.98 Å². The summed E-state index contributed by atoms with van der Waals surface area (Å²) in [6.45, 7) is 0. The van der Waals surface area contributed by atoms with E-state index in [1.165, 1.54) is 0 Å². The number of nitrogens with two attached hydrogens (primary N) is 1. The third-order valence-corrected chi connectivity index (χ3v) is 4.30. The molecule has 4 aromatic rings. The first kappa shape index (κ1) is 16.7. The zero-order chi connectivity index (χ0) is 18.6. The van der Waals surface area contributed by atoms with Crippen LogP contribution in [-0.4, -0.2) is 16.5 Å². The molecule has 0 aliphatic rings. The molecule has 0 fully saturated rings. The molecule has 2 heterocycles. The van der Waals surface area contributed by atoms with Gasteiger partial charge in [-0.25, -0.2) is 0 Å². The minimum Gasteiger partial charge on any atom is -0.438 e. The van der Waals surface area contributed by atoms with Crippen LogP contribution in [0.3, 0.4) is 0 Å². The summed E-state index contributed by atoms with van der Waals surface area (Å²) in [5.41, 5.74) is 10.0. The largest absolute Gasteiger partial charge is 0.438 e. The van der Waals surface area contributed by atoms with Crippen molar-refractivity contribution in [3.63, 3.8) is 0 Å². The van der Waals surface area contributed by atoms with Gasteiger partial charge in [-0.15, -0.1) is 0 Å². The zero-order valence-corrected chi connectivity index (χ0v) is 14.6. The number of para-hydroxylation sites is 1. The molecule has 0 amide bonds. The Kier molecular flexibility index (Phi) is 4.49. The predicted octanol–water partition coefficient (Wildman–Crippen LogP) is 4.48. The highest BCUT2D eigenvalue weighted by atomic mass is 16.3. The van der Waals surface area contributed by atoms with E-state index in [4.69, 9.17) is 15.6 Å². The van der Waals surface area contributed by atoms with Crippen molar-refractivity contribution in [3.8, 4) is 0 Å². The smallest absolute Gasteiger partial charge is 0.221 e. The van der Waals surface area contributed by atoms with Gasteiger partial charge in [-0.1, -0.05) is 42.5 Å². The highest BCUT2D eigenvalue weighted by molar-refractivity contribution is 6.11. The lowest BCUT2D eigenvalue weighted by molar-refractivity contribution is 0.626. The van der Waals surface area contributed by atoms with Gasteiger partial charge in [0.25, 0.3) is 0 Å². The number of nitrogens with zero attached hydrogens (tertiary/aromatic N) is 2. The molecule has 5 nitrogen and oxygen atoms in total. The molecular weight excluding hydrogens is 336 g/mol. The number of aliphatic imine (C=N–C) groups is 1. The molecule has 0 aliphatic heterocycles. The van der Waals surface area contributed by atoms with E-state index < -0.39 is 0 Å². The fourth-order valence-corrected chi connectivity index (χ4v) is 2.97. The van der Waals surface area contributed by atoms with Crippen LogP contribution in [0.1, 0.15) is 16.7 Å². The minimum atomic E-state index is 0.323. The maximum Gasteiger partial charge on any atom is 0.221 e. The number of benzene rings is 2. The molecule has 0 aliphatic carbocycles. The van der Waals surface area contributed by atoms with Crippen molar-refractivity contribution in [1.29, 1.82) is 5.41 Å². The van der Waals surface area contributed by atoms with E-state index in [1.807, 2.05) is 66.7 Å². The van der Waals surface area contributed by atoms with E-state index in [2.05, 4.69) is 9.98 Å². The molecule has 0 atom stereocenters. The normalized spacial score (nSPS) is 11.6. The molecule has 27 heavy (non-hydrogen) atoms. The first-order chi connectivity index (χ1) is 13.2. The monoisotopic (exact) mass is 354 g/mol. The molecule has 0 unspecified atom stereocenters. The van der Waals surface area contributed by atoms with Gasteiger partial charge in [-0.3, -0.25) is 4.98 Å². The number of fused-ring (bicyclic) bond motifs is 1. The van der Waals surface area contributed by atoms with Crippen LogP contribution < -0.4 is 5.73 Å². The molecule has 0 bridgehead atoms. The highest BCUT2D eigenvalue weighted by Gasteiger charge is 2.12. The summed E-state index contributed by atoms with van der Waals surface area (Å²) in [6.07, 6.45) is 3.95. The minimum absolute atomic E-state index is 0.323. The third-order valence-electron chi connectivity index (χ3n) is 4.30. The molecule has 132 valence electrons. The van der Waals surface area contributed by atoms with E-state index in [-0.39, 0.29) is 0 Å². The second kappa shape index (κ2) is 7.25. The summed E-state index contributed by atoms with van der Waals surface area (Å²) in [5.74, 6) is 0.772. The van der Waals surface area contributed by atoms with Gasteiger partial charge in [0.15, 0.2) is 0 Å². The Morgan fingerprint density at radius 1 is 0.963 bits per heavy atom. The number of aromatic nitrogens is 1. The van der Waals surface area contributed by atoms with Crippen LogP contribution in [0.25, 0.3) is 11.0 Å². The van der Waals surface area contributed by atoms with E-state index >= 15 is 0 Å². The number of furan rings is 1. The predicted molar refractivity (Wildman–Crippen MR) is 108 cm³/mol. The second-order valence-electron chi connectivity index (χ2n) is 6.18. The first-order valence-corrected chi connectivity index (χ1v) is 8.59. The Morgan fingerprint density at radius 2 is 1.67 bits per heavy atom. The van der Waals surface area contributed by atoms with Crippen molar-refractivity contribution < 1.29 is 4.42 Å². The Balaban J connectivity index is 1.66. The molecule has 2 aromatic carbocycles. The highest BCUT2D eigenvalue weighted by Crippen LogP contribution is 2.25. The average molecular weight is 354 g/mol. The summed E-state index contributed by atoms with van der Waals surface area (Å²) in [6, 6.07) is 20.9. The lowest BCUT2D eigenvalue weighted by Crippen LogP contribution is -2.18. The van der Waals surface area contributed by atoms with Crippen molar-refractivity contribution in [2.24, 2.45) is 10.7 Å². The van der Waals surface area contributed by atoms with Crippen LogP contribution in [0.4, 0.5) is 5.88 Å². The summed E-state index contributed by atoms with van der Waals surface area (Å²) in [4.78, 5) is 8.45. The van der Waals surface area contributed by atoms with Crippen LogP contribution in [-0.2, 0) is 6.42 Å². The fourth-order valence-electron chi connectivity index (χ4n) is 2.97. The molecular formula is C22H18N4O. The standard InChI is InChI=1S/C22H18N4O/c23-19(13-15-9-11-25-12-10-15)17-6-2-3-7-18(17)22(24)26-21-14-16-5-1-4-8-20(16)27-21/h1-12,14,23H,13H2,(H2,24,26). The van der Waals surface area contributed by atoms with Gasteiger partial charge < -0.3 is 15.6 Å². The van der Waals surface area contributed by atoms with Crippen molar-refractivity contribution >= 4 is 28.4 Å². The third kappa shape index (κ3) is 3.62. The molecule has 5 heteroatoms. The van der Waals surface area contributed by atoms with Gasteiger partial charge in [0.1, 0.15) is 11.4 Å². The van der Waals surface area contributed by atoms with Crippen molar-refractivity contribution in [3.05, 3.63) is 95.8 Å². The van der Waals surface area contributed by atoms with Crippen LogP contribution >= 0.6 is 0 Å². The topological polar surface area (TPSA) is 88.3 Å². The fraction of sp³-hybridized carbons (Fsp3) is 0.0455. The molecule has 2 aromatic heterocycles. The van der Waals surface area contributed by atoms with Gasteiger partial charge in [-0.2, -0.15) is 4.99 Å². The molecule has 3 N–H and O–H groups in total.